The molecule has 0 spiro atoms. The first-order valence-corrected chi connectivity index (χ1v) is 4.74. The van der Waals surface area contributed by atoms with Crippen LogP contribution in [0.2, 0.25) is 5.15 Å². The van der Waals surface area contributed by atoms with E-state index in [2.05, 4.69) is 9.97 Å². The quantitative estimate of drug-likeness (QED) is 0.760. The second-order valence-electron chi connectivity index (χ2n) is 2.26. The zero-order valence-corrected chi connectivity index (χ0v) is 8.14. The van der Waals surface area contributed by atoms with E-state index in [0.29, 0.717) is 10.2 Å². The maximum Gasteiger partial charge on any atom is 0.161 e. The molecule has 1 atom stereocenters. The summed E-state index contributed by atoms with van der Waals surface area (Å²) in [6.07, 6.45) is 3.12. The van der Waals surface area contributed by atoms with Gasteiger partial charge < -0.3 is 5.11 Å². The van der Waals surface area contributed by atoms with Gasteiger partial charge in [-0.05, 0) is 0 Å². The van der Waals surface area contributed by atoms with Crippen molar-refractivity contribution in [1.82, 2.24) is 9.97 Å². The Hall–Kier alpha value is -0.320. The highest BCUT2D eigenvalue weighted by molar-refractivity contribution is 8.00. The van der Waals surface area contributed by atoms with E-state index in [9.17, 15) is 0 Å². The minimum absolute atomic E-state index is 0.0965. The van der Waals surface area contributed by atoms with E-state index in [1.165, 1.54) is 18.0 Å². The highest BCUT2D eigenvalue weighted by Gasteiger charge is 2.07. The third-order valence-corrected chi connectivity index (χ3v) is 2.65. The van der Waals surface area contributed by atoms with Gasteiger partial charge in [-0.1, -0.05) is 30.3 Å². The largest absolute Gasteiger partial charge is 0.395 e. The fourth-order valence-corrected chi connectivity index (χ4v) is 1.58. The van der Waals surface area contributed by atoms with Gasteiger partial charge in [0, 0.05) is 17.6 Å². The van der Waals surface area contributed by atoms with E-state index >= 15 is 0 Å². The Morgan fingerprint density at radius 1 is 1.58 bits per heavy atom. The van der Waals surface area contributed by atoms with Crippen LogP contribution >= 0.6 is 23.4 Å². The van der Waals surface area contributed by atoms with Gasteiger partial charge in [0.05, 0.1) is 6.61 Å². The second kappa shape index (κ2) is 4.64. The molecular weight excluding hydrogens is 196 g/mol. The molecule has 0 saturated heterocycles. The lowest BCUT2D eigenvalue weighted by molar-refractivity contribution is 0.300. The van der Waals surface area contributed by atoms with Crippen LogP contribution in [0.5, 0.6) is 0 Å². The summed E-state index contributed by atoms with van der Waals surface area (Å²) in [6, 6.07) is 0. The van der Waals surface area contributed by atoms with E-state index in [4.69, 9.17) is 16.7 Å². The fraction of sp³-hybridized carbons (Fsp3) is 0.429. The van der Waals surface area contributed by atoms with Crippen LogP contribution in [0.3, 0.4) is 0 Å². The number of hydrogen-bond acceptors (Lipinski definition) is 4. The standard InChI is InChI=1S/C7H9ClN2OS/c1-5(4-11)12-7-6(8)9-2-3-10-7/h2-3,5,11H,4H2,1H3. The van der Waals surface area contributed by atoms with Crippen molar-refractivity contribution in [2.45, 2.75) is 17.2 Å². The summed E-state index contributed by atoms with van der Waals surface area (Å²) < 4.78 is 0. The Balaban J connectivity index is 2.69. The summed E-state index contributed by atoms with van der Waals surface area (Å²) in [5.41, 5.74) is 0. The molecule has 0 saturated carbocycles. The smallest absolute Gasteiger partial charge is 0.161 e. The van der Waals surface area contributed by atoms with Crippen molar-refractivity contribution < 1.29 is 5.11 Å². The van der Waals surface area contributed by atoms with Crippen LogP contribution < -0.4 is 0 Å². The topological polar surface area (TPSA) is 46.0 Å². The minimum atomic E-state index is 0.0965. The maximum atomic E-state index is 8.77. The molecule has 1 rings (SSSR count). The number of thioether (sulfide) groups is 1. The minimum Gasteiger partial charge on any atom is -0.395 e. The first-order chi connectivity index (χ1) is 5.74. The summed E-state index contributed by atoms with van der Waals surface area (Å²) in [7, 11) is 0. The lowest BCUT2D eigenvalue weighted by atomic mass is 10.5. The number of aromatic nitrogens is 2. The third kappa shape index (κ3) is 2.62. The molecule has 0 bridgehead atoms. The third-order valence-electron chi connectivity index (χ3n) is 1.19. The zero-order valence-electron chi connectivity index (χ0n) is 6.57. The van der Waals surface area contributed by atoms with Crippen LogP contribution in [-0.4, -0.2) is 26.9 Å². The van der Waals surface area contributed by atoms with Crippen molar-refractivity contribution in [3.8, 4) is 0 Å². The summed E-state index contributed by atoms with van der Waals surface area (Å²) in [6.45, 7) is 2.01. The van der Waals surface area contributed by atoms with Gasteiger partial charge in [0.25, 0.3) is 0 Å². The molecule has 0 radical (unpaired) electrons. The van der Waals surface area contributed by atoms with Crippen molar-refractivity contribution in [1.29, 1.82) is 0 Å². The van der Waals surface area contributed by atoms with Crippen LogP contribution in [0.4, 0.5) is 0 Å². The van der Waals surface area contributed by atoms with E-state index in [1.54, 1.807) is 6.20 Å². The van der Waals surface area contributed by atoms with Crippen LogP contribution in [0, 0.1) is 0 Å². The van der Waals surface area contributed by atoms with Crippen LogP contribution in [0.25, 0.3) is 0 Å². The van der Waals surface area contributed by atoms with Gasteiger partial charge in [-0.15, -0.1) is 0 Å². The van der Waals surface area contributed by atoms with Gasteiger partial charge in [0.1, 0.15) is 5.03 Å². The average Bonchev–Trinajstić information content (AvgIpc) is 2.09. The van der Waals surface area contributed by atoms with Crippen molar-refractivity contribution in [3.05, 3.63) is 17.5 Å². The van der Waals surface area contributed by atoms with E-state index < -0.39 is 0 Å². The first kappa shape index (κ1) is 9.77. The number of aliphatic hydroxyl groups is 1. The lowest BCUT2D eigenvalue weighted by Gasteiger charge is -2.06. The highest BCUT2D eigenvalue weighted by Crippen LogP contribution is 2.25. The Morgan fingerprint density at radius 3 is 2.83 bits per heavy atom. The number of hydrogen-bond donors (Lipinski definition) is 1. The van der Waals surface area contributed by atoms with Crippen LogP contribution in [0.15, 0.2) is 17.4 Å². The Bertz CT molecular complexity index is 259. The number of aliphatic hydroxyl groups excluding tert-OH is 1. The van der Waals surface area contributed by atoms with E-state index in [-0.39, 0.29) is 11.9 Å². The molecule has 0 aliphatic carbocycles. The molecule has 0 amide bonds. The molecule has 66 valence electrons. The van der Waals surface area contributed by atoms with Crippen molar-refractivity contribution in [3.63, 3.8) is 0 Å². The van der Waals surface area contributed by atoms with Crippen molar-refractivity contribution >= 4 is 23.4 Å². The molecule has 1 unspecified atom stereocenters. The Kier molecular flexibility index (Phi) is 3.78. The number of nitrogens with zero attached hydrogens (tertiary/aromatic N) is 2. The molecule has 0 aliphatic heterocycles. The lowest BCUT2D eigenvalue weighted by Crippen LogP contribution is -2.02. The van der Waals surface area contributed by atoms with Gasteiger partial charge in [-0.25, -0.2) is 9.97 Å². The molecule has 1 N–H and O–H groups in total. The fourth-order valence-electron chi connectivity index (χ4n) is 0.615. The van der Waals surface area contributed by atoms with E-state index in [0.717, 1.165) is 0 Å². The van der Waals surface area contributed by atoms with Gasteiger partial charge in [0.2, 0.25) is 0 Å². The normalized spacial score (nSPS) is 12.9. The van der Waals surface area contributed by atoms with Gasteiger partial charge in [-0.2, -0.15) is 0 Å². The number of halogens is 1. The molecule has 1 heterocycles. The van der Waals surface area contributed by atoms with Gasteiger partial charge >= 0.3 is 0 Å². The molecule has 0 fully saturated rings. The van der Waals surface area contributed by atoms with Crippen molar-refractivity contribution in [2.75, 3.05) is 6.61 Å². The molecule has 1 aromatic rings. The first-order valence-electron chi connectivity index (χ1n) is 3.48. The number of rotatable bonds is 3. The van der Waals surface area contributed by atoms with Gasteiger partial charge in [0.15, 0.2) is 5.15 Å². The predicted octanol–water partition coefficient (Wildman–Crippen LogP) is 1.60. The summed E-state index contributed by atoms with van der Waals surface area (Å²) in [4.78, 5) is 7.89. The van der Waals surface area contributed by atoms with Crippen molar-refractivity contribution in [2.24, 2.45) is 0 Å². The SMILES string of the molecule is CC(CO)Sc1nccnc1Cl. The molecule has 3 nitrogen and oxygen atoms in total. The predicted molar refractivity (Wildman–Crippen MR) is 49.4 cm³/mol. The molecule has 0 aliphatic rings. The summed E-state index contributed by atoms with van der Waals surface area (Å²) in [5.74, 6) is 0. The summed E-state index contributed by atoms with van der Waals surface area (Å²) in [5, 5.41) is 9.93. The Morgan fingerprint density at radius 2 is 2.25 bits per heavy atom. The molecular formula is C7H9ClN2OS. The Labute approximate surface area is 80.2 Å². The van der Waals surface area contributed by atoms with Crippen LogP contribution in [0.1, 0.15) is 6.92 Å². The maximum absolute atomic E-state index is 8.77. The molecule has 1 aromatic heterocycles. The second-order valence-corrected chi connectivity index (χ2v) is 4.05. The van der Waals surface area contributed by atoms with E-state index in [1.807, 2.05) is 6.92 Å². The monoisotopic (exact) mass is 204 g/mol. The highest BCUT2D eigenvalue weighted by atomic mass is 35.5. The zero-order chi connectivity index (χ0) is 8.97. The van der Waals surface area contributed by atoms with Crippen LogP contribution in [-0.2, 0) is 0 Å². The molecule has 5 heteroatoms. The summed E-state index contributed by atoms with van der Waals surface area (Å²) >= 11 is 7.16. The molecule has 0 aromatic carbocycles. The molecule has 12 heavy (non-hydrogen) atoms. The van der Waals surface area contributed by atoms with Gasteiger partial charge in [-0.3, -0.25) is 0 Å². The average molecular weight is 205 g/mol.